The van der Waals surface area contributed by atoms with Crippen molar-refractivity contribution in [3.63, 3.8) is 0 Å². The van der Waals surface area contributed by atoms with Crippen LogP contribution in [0.4, 0.5) is 4.39 Å². The van der Waals surface area contributed by atoms with E-state index in [9.17, 15) is 4.39 Å². The first kappa shape index (κ1) is 14.8. The van der Waals surface area contributed by atoms with Crippen LogP contribution in [0.5, 0.6) is 11.6 Å². The van der Waals surface area contributed by atoms with Crippen LogP contribution < -0.4 is 4.74 Å². The Bertz CT molecular complexity index is 863. The zero-order valence-electron chi connectivity index (χ0n) is 12.5. The number of aromatic nitrogens is 2. The molecule has 4 nitrogen and oxygen atoms in total. The molecule has 0 amide bonds. The largest absolute Gasteiger partial charge is 0.438 e. The number of aryl methyl sites for hydroxylation is 1. The van der Waals surface area contributed by atoms with E-state index in [1.807, 2.05) is 31.2 Å². The fourth-order valence-electron chi connectivity index (χ4n) is 2.29. The van der Waals surface area contributed by atoms with Crippen molar-refractivity contribution in [1.82, 2.24) is 9.78 Å². The second-order valence-electron chi connectivity index (χ2n) is 4.93. The SMILES string of the molecule is CCn1nc(Oc2ccc(F)cc2)cc1-c1cccc(C#N)c1. The van der Waals surface area contributed by atoms with Gasteiger partial charge in [0.1, 0.15) is 11.6 Å². The Kier molecular flexibility index (Phi) is 4.07. The summed E-state index contributed by atoms with van der Waals surface area (Å²) in [7, 11) is 0. The monoisotopic (exact) mass is 307 g/mol. The van der Waals surface area contributed by atoms with E-state index in [1.165, 1.54) is 12.1 Å². The van der Waals surface area contributed by atoms with E-state index >= 15 is 0 Å². The van der Waals surface area contributed by atoms with E-state index in [0.29, 0.717) is 23.7 Å². The maximum atomic E-state index is 12.9. The van der Waals surface area contributed by atoms with E-state index in [4.69, 9.17) is 10.00 Å². The molecule has 0 saturated heterocycles. The van der Waals surface area contributed by atoms with Gasteiger partial charge in [-0.3, -0.25) is 4.68 Å². The van der Waals surface area contributed by atoms with Crippen LogP contribution in [0.1, 0.15) is 12.5 Å². The second kappa shape index (κ2) is 6.32. The predicted molar refractivity (Wildman–Crippen MR) is 84.5 cm³/mol. The number of ether oxygens (including phenoxy) is 1. The third kappa shape index (κ3) is 3.22. The zero-order chi connectivity index (χ0) is 16.2. The molecule has 0 aliphatic heterocycles. The van der Waals surface area contributed by atoms with Crippen molar-refractivity contribution in [1.29, 1.82) is 5.26 Å². The summed E-state index contributed by atoms with van der Waals surface area (Å²) in [6.45, 7) is 2.64. The number of nitrogens with zero attached hydrogens (tertiary/aromatic N) is 3. The molecular weight excluding hydrogens is 293 g/mol. The first-order valence-electron chi connectivity index (χ1n) is 7.21. The van der Waals surface area contributed by atoms with Crippen LogP contribution in [0.15, 0.2) is 54.6 Å². The maximum Gasteiger partial charge on any atom is 0.238 e. The van der Waals surface area contributed by atoms with Crippen LogP contribution in [-0.2, 0) is 6.54 Å². The van der Waals surface area contributed by atoms with E-state index < -0.39 is 0 Å². The lowest BCUT2D eigenvalue weighted by Crippen LogP contribution is -1.99. The van der Waals surface area contributed by atoms with Gasteiger partial charge in [0.15, 0.2) is 0 Å². The van der Waals surface area contributed by atoms with Crippen LogP contribution in [0.2, 0.25) is 0 Å². The summed E-state index contributed by atoms with van der Waals surface area (Å²) in [6.07, 6.45) is 0. The first-order chi connectivity index (χ1) is 11.2. The Morgan fingerprint density at radius 3 is 2.65 bits per heavy atom. The Morgan fingerprint density at radius 2 is 1.96 bits per heavy atom. The highest BCUT2D eigenvalue weighted by Gasteiger charge is 2.11. The fourth-order valence-corrected chi connectivity index (χ4v) is 2.29. The van der Waals surface area contributed by atoms with Gasteiger partial charge in [-0.05, 0) is 43.3 Å². The Balaban J connectivity index is 1.94. The molecular formula is C18H14FN3O. The molecule has 0 atom stereocenters. The van der Waals surface area contributed by atoms with Crippen LogP contribution >= 0.6 is 0 Å². The molecule has 0 radical (unpaired) electrons. The lowest BCUT2D eigenvalue weighted by Gasteiger charge is -2.04. The Labute approximate surface area is 133 Å². The van der Waals surface area contributed by atoms with Gasteiger partial charge in [0.25, 0.3) is 0 Å². The molecule has 0 spiro atoms. The van der Waals surface area contributed by atoms with Crippen molar-refractivity contribution < 1.29 is 9.13 Å². The van der Waals surface area contributed by atoms with Gasteiger partial charge in [-0.2, -0.15) is 5.26 Å². The highest BCUT2D eigenvalue weighted by atomic mass is 19.1. The lowest BCUT2D eigenvalue weighted by atomic mass is 10.1. The topological polar surface area (TPSA) is 50.8 Å². The quantitative estimate of drug-likeness (QED) is 0.719. The molecule has 23 heavy (non-hydrogen) atoms. The Morgan fingerprint density at radius 1 is 1.17 bits per heavy atom. The van der Waals surface area contributed by atoms with Crippen LogP contribution in [-0.4, -0.2) is 9.78 Å². The first-order valence-corrected chi connectivity index (χ1v) is 7.21. The number of halogens is 1. The lowest BCUT2D eigenvalue weighted by molar-refractivity contribution is 0.448. The maximum absolute atomic E-state index is 12.9. The molecule has 1 heterocycles. The van der Waals surface area contributed by atoms with E-state index in [1.54, 1.807) is 22.9 Å². The summed E-state index contributed by atoms with van der Waals surface area (Å²) in [6, 6.07) is 17.0. The highest BCUT2D eigenvalue weighted by molar-refractivity contribution is 5.63. The summed E-state index contributed by atoms with van der Waals surface area (Å²) in [5.74, 6) is 0.630. The van der Waals surface area contributed by atoms with Gasteiger partial charge in [-0.1, -0.05) is 12.1 Å². The molecule has 3 aromatic rings. The third-order valence-electron chi connectivity index (χ3n) is 3.38. The van der Waals surface area contributed by atoms with Crippen molar-refractivity contribution in [2.24, 2.45) is 0 Å². The minimum atomic E-state index is -0.314. The second-order valence-corrected chi connectivity index (χ2v) is 4.93. The normalized spacial score (nSPS) is 10.3. The molecule has 0 aliphatic carbocycles. The molecule has 114 valence electrons. The number of hydrogen-bond donors (Lipinski definition) is 0. The van der Waals surface area contributed by atoms with Crippen molar-refractivity contribution in [2.45, 2.75) is 13.5 Å². The van der Waals surface area contributed by atoms with Crippen molar-refractivity contribution >= 4 is 0 Å². The van der Waals surface area contributed by atoms with Gasteiger partial charge in [-0.25, -0.2) is 4.39 Å². The highest BCUT2D eigenvalue weighted by Crippen LogP contribution is 2.27. The molecule has 0 aliphatic rings. The molecule has 3 rings (SSSR count). The number of benzene rings is 2. The summed E-state index contributed by atoms with van der Waals surface area (Å²) in [4.78, 5) is 0. The molecule has 0 saturated carbocycles. The van der Waals surface area contributed by atoms with Crippen LogP contribution in [0.3, 0.4) is 0 Å². The average molecular weight is 307 g/mol. The fraction of sp³-hybridized carbons (Fsp3) is 0.111. The number of hydrogen-bond acceptors (Lipinski definition) is 3. The van der Waals surface area contributed by atoms with Gasteiger partial charge in [0.2, 0.25) is 5.88 Å². The molecule has 0 N–H and O–H groups in total. The smallest absolute Gasteiger partial charge is 0.238 e. The minimum absolute atomic E-state index is 0.314. The zero-order valence-corrected chi connectivity index (χ0v) is 12.5. The number of rotatable bonds is 4. The van der Waals surface area contributed by atoms with Crippen molar-refractivity contribution in [3.05, 3.63) is 66.0 Å². The molecule has 5 heteroatoms. The van der Waals surface area contributed by atoms with Crippen molar-refractivity contribution in [2.75, 3.05) is 0 Å². The standard InChI is InChI=1S/C18H14FN3O/c1-2-22-17(14-5-3-4-13(10-14)12-20)11-18(21-22)23-16-8-6-15(19)7-9-16/h3-11H,2H2,1H3. The minimum Gasteiger partial charge on any atom is -0.438 e. The predicted octanol–water partition coefficient (Wildman–Crippen LogP) is 4.37. The van der Waals surface area contributed by atoms with Crippen LogP contribution in [0.25, 0.3) is 11.3 Å². The van der Waals surface area contributed by atoms with Gasteiger partial charge in [0, 0.05) is 18.2 Å². The van der Waals surface area contributed by atoms with Gasteiger partial charge < -0.3 is 4.74 Å². The van der Waals surface area contributed by atoms with Gasteiger partial charge >= 0.3 is 0 Å². The van der Waals surface area contributed by atoms with Crippen LogP contribution in [0, 0.1) is 17.1 Å². The summed E-state index contributed by atoms with van der Waals surface area (Å²) in [5, 5.41) is 13.4. The van der Waals surface area contributed by atoms with Gasteiger partial charge in [0.05, 0.1) is 17.3 Å². The molecule has 0 bridgehead atoms. The van der Waals surface area contributed by atoms with Crippen molar-refractivity contribution in [3.8, 4) is 29.0 Å². The molecule has 0 fully saturated rings. The molecule has 1 aromatic heterocycles. The average Bonchev–Trinajstić information content (AvgIpc) is 3.00. The van der Waals surface area contributed by atoms with Gasteiger partial charge in [-0.15, -0.1) is 5.10 Å². The summed E-state index contributed by atoms with van der Waals surface area (Å²) < 4.78 is 20.4. The Hall–Kier alpha value is -3.13. The van der Waals surface area contributed by atoms with E-state index in [-0.39, 0.29) is 5.82 Å². The molecule has 0 unspecified atom stereocenters. The third-order valence-corrected chi connectivity index (χ3v) is 3.38. The molecule has 2 aromatic carbocycles. The van der Waals surface area contributed by atoms with E-state index in [2.05, 4.69) is 11.2 Å². The summed E-state index contributed by atoms with van der Waals surface area (Å²) in [5.41, 5.74) is 2.35. The summed E-state index contributed by atoms with van der Waals surface area (Å²) >= 11 is 0. The number of nitriles is 1. The van der Waals surface area contributed by atoms with E-state index in [0.717, 1.165) is 11.3 Å².